The van der Waals surface area contributed by atoms with E-state index in [-0.39, 0.29) is 17.8 Å². The van der Waals surface area contributed by atoms with E-state index in [2.05, 4.69) is 0 Å². The Kier molecular flexibility index (Phi) is 5.48. The molecule has 1 unspecified atom stereocenters. The summed E-state index contributed by atoms with van der Waals surface area (Å²) >= 11 is 5.87. The Morgan fingerprint density at radius 2 is 1.88 bits per heavy atom. The highest BCUT2D eigenvalue weighted by molar-refractivity contribution is 6.30. The minimum Gasteiger partial charge on any atom is -0.370 e. The van der Waals surface area contributed by atoms with Gasteiger partial charge in [0, 0.05) is 18.0 Å². The van der Waals surface area contributed by atoms with Crippen LogP contribution in [0.2, 0.25) is 5.02 Å². The lowest BCUT2D eigenvalue weighted by Crippen LogP contribution is -2.42. The Labute approximate surface area is 146 Å². The molecule has 0 aliphatic carbocycles. The number of hydrogen-bond acceptors (Lipinski definition) is 2. The number of rotatable bonds is 4. The summed E-state index contributed by atoms with van der Waals surface area (Å²) in [5.41, 5.74) is 1.99. The third kappa shape index (κ3) is 4.34. The van der Waals surface area contributed by atoms with Gasteiger partial charge in [0.25, 0.3) is 0 Å². The Morgan fingerprint density at radius 1 is 1.17 bits per heavy atom. The fourth-order valence-electron chi connectivity index (χ4n) is 2.82. The average Bonchev–Trinajstić information content (AvgIpc) is 2.62. The minimum atomic E-state index is -0.273. The van der Waals surface area contributed by atoms with Crippen molar-refractivity contribution in [2.75, 3.05) is 19.7 Å². The summed E-state index contributed by atoms with van der Waals surface area (Å²) in [6, 6.07) is 13.8. The van der Waals surface area contributed by atoms with Gasteiger partial charge in [0.15, 0.2) is 0 Å². The zero-order valence-corrected chi connectivity index (χ0v) is 14.0. The standard InChI is InChI=1S/C19H19ClFNO2/c20-16-6-1-14(2-7-16)3-10-19(23)22-11-12-24-18(13-22)15-4-8-17(21)9-5-15/h1-2,4-9,18H,3,10-13H2. The van der Waals surface area contributed by atoms with E-state index in [0.29, 0.717) is 37.6 Å². The van der Waals surface area contributed by atoms with E-state index in [4.69, 9.17) is 16.3 Å². The topological polar surface area (TPSA) is 29.5 Å². The lowest BCUT2D eigenvalue weighted by atomic mass is 10.1. The molecule has 1 fully saturated rings. The van der Waals surface area contributed by atoms with Crippen molar-refractivity contribution in [3.8, 4) is 0 Å². The molecule has 126 valence electrons. The summed E-state index contributed by atoms with van der Waals surface area (Å²) in [5.74, 6) is -0.161. The maximum atomic E-state index is 13.0. The van der Waals surface area contributed by atoms with Gasteiger partial charge in [-0.3, -0.25) is 4.79 Å². The van der Waals surface area contributed by atoms with Crippen LogP contribution in [0.4, 0.5) is 4.39 Å². The SMILES string of the molecule is O=C(CCc1ccc(Cl)cc1)N1CCOC(c2ccc(F)cc2)C1. The fourth-order valence-corrected chi connectivity index (χ4v) is 2.94. The molecule has 2 aromatic rings. The van der Waals surface area contributed by atoms with E-state index in [0.717, 1.165) is 11.1 Å². The first-order valence-corrected chi connectivity index (χ1v) is 8.39. The molecule has 0 N–H and O–H groups in total. The van der Waals surface area contributed by atoms with Crippen LogP contribution in [0.25, 0.3) is 0 Å². The highest BCUT2D eigenvalue weighted by Crippen LogP contribution is 2.23. The molecule has 2 aromatic carbocycles. The van der Waals surface area contributed by atoms with Crippen LogP contribution in [-0.2, 0) is 16.0 Å². The molecule has 3 nitrogen and oxygen atoms in total. The molecule has 24 heavy (non-hydrogen) atoms. The van der Waals surface area contributed by atoms with Gasteiger partial charge in [-0.05, 0) is 41.8 Å². The third-order valence-corrected chi connectivity index (χ3v) is 4.45. The molecule has 1 amide bonds. The molecule has 3 rings (SSSR count). The molecule has 1 saturated heterocycles. The van der Waals surface area contributed by atoms with Crippen molar-refractivity contribution in [3.05, 3.63) is 70.5 Å². The molecular formula is C19H19ClFNO2. The van der Waals surface area contributed by atoms with Crippen LogP contribution in [0.5, 0.6) is 0 Å². The number of benzene rings is 2. The normalized spacial score (nSPS) is 17.8. The smallest absolute Gasteiger partial charge is 0.223 e. The zero-order chi connectivity index (χ0) is 16.9. The highest BCUT2D eigenvalue weighted by atomic mass is 35.5. The minimum absolute atomic E-state index is 0.111. The maximum absolute atomic E-state index is 13.0. The van der Waals surface area contributed by atoms with E-state index in [1.54, 1.807) is 12.1 Å². The Hall–Kier alpha value is -1.91. The molecule has 0 saturated carbocycles. The van der Waals surface area contributed by atoms with Crippen molar-refractivity contribution in [1.82, 2.24) is 4.90 Å². The summed E-state index contributed by atoms with van der Waals surface area (Å²) in [7, 11) is 0. The van der Waals surface area contributed by atoms with E-state index < -0.39 is 0 Å². The fraction of sp³-hybridized carbons (Fsp3) is 0.316. The van der Waals surface area contributed by atoms with E-state index in [9.17, 15) is 9.18 Å². The van der Waals surface area contributed by atoms with Crippen molar-refractivity contribution in [3.63, 3.8) is 0 Å². The predicted molar refractivity (Wildman–Crippen MR) is 91.4 cm³/mol. The second-order valence-electron chi connectivity index (χ2n) is 5.88. The number of amides is 1. The van der Waals surface area contributed by atoms with Gasteiger partial charge in [-0.15, -0.1) is 0 Å². The third-order valence-electron chi connectivity index (χ3n) is 4.20. The predicted octanol–water partition coefficient (Wildman–Crippen LogP) is 4.01. The second kappa shape index (κ2) is 7.77. The number of carbonyl (C=O) groups excluding carboxylic acids is 1. The van der Waals surface area contributed by atoms with Gasteiger partial charge in [-0.1, -0.05) is 35.9 Å². The van der Waals surface area contributed by atoms with Gasteiger partial charge in [-0.25, -0.2) is 4.39 Å². The van der Waals surface area contributed by atoms with Gasteiger partial charge >= 0.3 is 0 Å². The van der Waals surface area contributed by atoms with Gasteiger partial charge in [-0.2, -0.15) is 0 Å². The number of morpholine rings is 1. The lowest BCUT2D eigenvalue weighted by molar-refractivity contribution is -0.139. The van der Waals surface area contributed by atoms with Crippen LogP contribution < -0.4 is 0 Å². The molecule has 1 aliphatic rings. The quantitative estimate of drug-likeness (QED) is 0.836. The number of halogens is 2. The van der Waals surface area contributed by atoms with Crippen molar-refractivity contribution in [1.29, 1.82) is 0 Å². The number of aryl methyl sites for hydroxylation is 1. The number of hydrogen-bond donors (Lipinski definition) is 0. The van der Waals surface area contributed by atoms with Crippen molar-refractivity contribution in [2.45, 2.75) is 18.9 Å². The van der Waals surface area contributed by atoms with Crippen LogP contribution in [0.1, 0.15) is 23.7 Å². The molecule has 0 spiro atoms. The number of carbonyl (C=O) groups is 1. The molecule has 1 aliphatic heterocycles. The summed E-state index contributed by atoms with van der Waals surface area (Å²) in [6.07, 6.45) is 0.950. The molecule has 5 heteroatoms. The first-order valence-electron chi connectivity index (χ1n) is 8.01. The van der Waals surface area contributed by atoms with E-state index in [1.807, 2.05) is 29.2 Å². The van der Waals surface area contributed by atoms with Crippen molar-refractivity contribution >= 4 is 17.5 Å². The van der Waals surface area contributed by atoms with Gasteiger partial charge in [0.05, 0.1) is 13.2 Å². The van der Waals surface area contributed by atoms with Crippen LogP contribution in [0.3, 0.4) is 0 Å². The van der Waals surface area contributed by atoms with Crippen molar-refractivity contribution < 1.29 is 13.9 Å². The average molecular weight is 348 g/mol. The van der Waals surface area contributed by atoms with Gasteiger partial charge in [0.2, 0.25) is 5.91 Å². The monoisotopic (exact) mass is 347 g/mol. The first-order chi connectivity index (χ1) is 11.6. The number of nitrogens with zero attached hydrogens (tertiary/aromatic N) is 1. The van der Waals surface area contributed by atoms with E-state index in [1.165, 1.54) is 12.1 Å². The van der Waals surface area contributed by atoms with Gasteiger partial charge in [0.1, 0.15) is 11.9 Å². The van der Waals surface area contributed by atoms with Gasteiger partial charge < -0.3 is 9.64 Å². The largest absolute Gasteiger partial charge is 0.370 e. The highest BCUT2D eigenvalue weighted by Gasteiger charge is 2.25. The summed E-state index contributed by atoms with van der Waals surface area (Å²) in [6.45, 7) is 1.59. The molecule has 0 bridgehead atoms. The summed E-state index contributed by atoms with van der Waals surface area (Å²) in [5, 5.41) is 0.695. The van der Waals surface area contributed by atoms with Crippen LogP contribution in [0, 0.1) is 5.82 Å². The molecular weight excluding hydrogens is 329 g/mol. The van der Waals surface area contributed by atoms with Crippen LogP contribution in [0.15, 0.2) is 48.5 Å². The molecule has 1 heterocycles. The molecule has 0 radical (unpaired) electrons. The summed E-state index contributed by atoms with van der Waals surface area (Å²) in [4.78, 5) is 14.3. The Balaban J connectivity index is 1.56. The maximum Gasteiger partial charge on any atom is 0.223 e. The van der Waals surface area contributed by atoms with Crippen molar-refractivity contribution in [2.24, 2.45) is 0 Å². The second-order valence-corrected chi connectivity index (χ2v) is 6.31. The molecule has 0 aromatic heterocycles. The van der Waals surface area contributed by atoms with Crippen LogP contribution >= 0.6 is 11.6 Å². The van der Waals surface area contributed by atoms with E-state index >= 15 is 0 Å². The van der Waals surface area contributed by atoms with Crippen LogP contribution in [-0.4, -0.2) is 30.5 Å². The first kappa shape index (κ1) is 16.9. The summed E-state index contributed by atoms with van der Waals surface area (Å²) < 4.78 is 18.8. The Morgan fingerprint density at radius 3 is 2.58 bits per heavy atom. The molecule has 1 atom stereocenters. The lowest BCUT2D eigenvalue weighted by Gasteiger charge is -2.33. The Bertz CT molecular complexity index is 688. The zero-order valence-electron chi connectivity index (χ0n) is 13.3. The number of ether oxygens (including phenoxy) is 1.